The zero-order chi connectivity index (χ0) is 16.0. The van der Waals surface area contributed by atoms with Gasteiger partial charge >= 0.3 is 0 Å². The lowest BCUT2D eigenvalue weighted by atomic mass is 9.86. The van der Waals surface area contributed by atoms with E-state index >= 15 is 0 Å². The summed E-state index contributed by atoms with van der Waals surface area (Å²) in [4.78, 5) is 2.21. The number of ether oxygens (including phenoxy) is 3. The van der Waals surface area contributed by atoms with E-state index in [9.17, 15) is 5.26 Å². The van der Waals surface area contributed by atoms with Gasteiger partial charge in [0.15, 0.2) is 0 Å². The molecule has 2 aliphatic rings. The molecule has 1 heterocycles. The number of hydrogen-bond donors (Lipinski definition) is 0. The van der Waals surface area contributed by atoms with Gasteiger partial charge in [-0.1, -0.05) is 0 Å². The lowest BCUT2D eigenvalue weighted by Gasteiger charge is -2.33. The number of methoxy groups -OCH3 is 3. The Labute approximate surface area is 132 Å². The smallest absolute Gasteiger partial charge is 0.121 e. The number of nitrogens with zero attached hydrogens (tertiary/aromatic N) is 2. The normalized spacial score (nSPS) is 25.4. The minimum absolute atomic E-state index is 0.504. The van der Waals surface area contributed by atoms with Crippen LogP contribution in [0.2, 0.25) is 0 Å². The van der Waals surface area contributed by atoms with Crippen molar-refractivity contribution in [2.75, 3.05) is 34.4 Å². The van der Waals surface area contributed by atoms with Crippen molar-refractivity contribution in [2.45, 2.75) is 31.3 Å². The van der Waals surface area contributed by atoms with E-state index in [1.807, 2.05) is 18.4 Å². The predicted octanol–water partition coefficient (Wildman–Crippen LogP) is 2.73. The Hall–Kier alpha value is -1.93. The molecule has 1 unspecified atom stereocenters. The van der Waals surface area contributed by atoms with Crippen LogP contribution in [0.15, 0.2) is 35.4 Å². The maximum atomic E-state index is 9.47. The second kappa shape index (κ2) is 7.37. The van der Waals surface area contributed by atoms with Crippen molar-refractivity contribution >= 4 is 0 Å². The molecule has 0 saturated carbocycles. The van der Waals surface area contributed by atoms with E-state index in [1.54, 1.807) is 21.3 Å². The first-order valence-electron chi connectivity index (χ1n) is 7.56. The molecule has 22 heavy (non-hydrogen) atoms. The van der Waals surface area contributed by atoms with Crippen LogP contribution in [0.4, 0.5) is 0 Å². The Bertz CT molecular complexity index is 525. The van der Waals surface area contributed by atoms with Gasteiger partial charge < -0.3 is 19.1 Å². The molecule has 5 heteroatoms. The molecule has 0 amide bonds. The zero-order valence-electron chi connectivity index (χ0n) is 13.6. The molecule has 0 aromatic heterocycles. The first-order chi connectivity index (χ1) is 10.6. The summed E-state index contributed by atoms with van der Waals surface area (Å²) in [5.41, 5.74) is 0.111. The molecule has 1 saturated heterocycles. The number of allylic oxidation sites excluding steroid dienone is 1. The minimum atomic E-state index is -0.604. The van der Waals surface area contributed by atoms with Gasteiger partial charge in [0.1, 0.15) is 17.1 Å². The van der Waals surface area contributed by atoms with Crippen molar-refractivity contribution in [3.8, 4) is 6.07 Å². The highest BCUT2D eigenvalue weighted by atomic mass is 16.5. The largest absolute Gasteiger partial charge is 0.501 e. The summed E-state index contributed by atoms with van der Waals surface area (Å²) in [6.07, 6.45) is 9.23. The third kappa shape index (κ3) is 3.83. The topological polar surface area (TPSA) is 54.7 Å². The van der Waals surface area contributed by atoms with Crippen LogP contribution < -0.4 is 0 Å². The van der Waals surface area contributed by atoms with Gasteiger partial charge in [-0.3, -0.25) is 0 Å². The first kappa shape index (κ1) is 16.4. The Balaban J connectivity index is 2.21. The predicted molar refractivity (Wildman–Crippen MR) is 83.7 cm³/mol. The standard InChI is InChI=1S/C17H24N2O3/c1-20-15-8-16(21-2)11-17(10-15,22-3)9-14(12-18)13-19-6-4-5-7-19/h8,10,13H,4-7,9,11H2,1-3H3. The average molecular weight is 304 g/mol. The lowest BCUT2D eigenvalue weighted by Crippen LogP contribution is -2.33. The molecule has 120 valence electrons. The molecular formula is C17H24N2O3. The van der Waals surface area contributed by atoms with E-state index in [-0.39, 0.29) is 0 Å². The van der Waals surface area contributed by atoms with Crippen LogP contribution in [0.3, 0.4) is 0 Å². The fourth-order valence-corrected chi connectivity index (χ4v) is 2.95. The highest BCUT2D eigenvalue weighted by Gasteiger charge is 2.34. The number of rotatable bonds is 6. The minimum Gasteiger partial charge on any atom is -0.501 e. The van der Waals surface area contributed by atoms with Crippen molar-refractivity contribution in [2.24, 2.45) is 0 Å². The Morgan fingerprint density at radius 3 is 2.59 bits per heavy atom. The molecule has 0 spiro atoms. The van der Waals surface area contributed by atoms with Crippen LogP contribution in [0.25, 0.3) is 0 Å². The van der Waals surface area contributed by atoms with Crippen molar-refractivity contribution in [1.29, 1.82) is 5.26 Å². The maximum absolute atomic E-state index is 9.47. The maximum Gasteiger partial charge on any atom is 0.121 e. The van der Waals surface area contributed by atoms with Gasteiger partial charge in [-0.05, 0) is 18.9 Å². The molecule has 2 rings (SSSR count). The summed E-state index contributed by atoms with van der Waals surface area (Å²) < 4.78 is 16.5. The van der Waals surface area contributed by atoms with E-state index in [1.165, 1.54) is 12.8 Å². The fraction of sp³-hybridized carbons (Fsp3) is 0.588. The Morgan fingerprint density at radius 1 is 1.32 bits per heavy atom. The van der Waals surface area contributed by atoms with E-state index in [0.717, 1.165) is 18.8 Å². The summed E-state index contributed by atoms with van der Waals surface area (Å²) in [5, 5.41) is 9.47. The van der Waals surface area contributed by atoms with Gasteiger partial charge in [0.2, 0.25) is 0 Å². The number of hydrogen-bond acceptors (Lipinski definition) is 5. The summed E-state index contributed by atoms with van der Waals surface area (Å²) in [5.74, 6) is 1.49. The monoisotopic (exact) mass is 304 g/mol. The van der Waals surface area contributed by atoms with Gasteiger partial charge in [0, 0.05) is 50.9 Å². The van der Waals surface area contributed by atoms with E-state index < -0.39 is 5.60 Å². The van der Waals surface area contributed by atoms with Gasteiger partial charge in [0.05, 0.1) is 20.3 Å². The third-order valence-electron chi connectivity index (χ3n) is 4.20. The van der Waals surface area contributed by atoms with Crippen molar-refractivity contribution in [3.05, 3.63) is 35.4 Å². The van der Waals surface area contributed by atoms with Crippen molar-refractivity contribution in [3.63, 3.8) is 0 Å². The number of likely N-dealkylation sites (tertiary alicyclic amines) is 1. The molecule has 1 aliphatic carbocycles. The molecule has 5 nitrogen and oxygen atoms in total. The first-order valence-corrected chi connectivity index (χ1v) is 7.56. The van der Waals surface area contributed by atoms with Crippen LogP contribution in [-0.4, -0.2) is 44.9 Å². The van der Waals surface area contributed by atoms with Crippen molar-refractivity contribution in [1.82, 2.24) is 4.90 Å². The molecule has 0 N–H and O–H groups in total. The van der Waals surface area contributed by atoms with Gasteiger partial charge in [-0.25, -0.2) is 0 Å². The van der Waals surface area contributed by atoms with Crippen LogP contribution in [0.5, 0.6) is 0 Å². The van der Waals surface area contributed by atoms with Crippen LogP contribution in [0.1, 0.15) is 25.7 Å². The molecule has 1 atom stereocenters. The van der Waals surface area contributed by atoms with Crippen molar-refractivity contribution < 1.29 is 14.2 Å². The highest BCUT2D eigenvalue weighted by Crippen LogP contribution is 2.35. The fourth-order valence-electron chi connectivity index (χ4n) is 2.95. The number of nitriles is 1. The van der Waals surface area contributed by atoms with Crippen LogP contribution in [-0.2, 0) is 14.2 Å². The molecule has 1 fully saturated rings. The van der Waals surface area contributed by atoms with E-state index in [0.29, 0.717) is 24.2 Å². The summed E-state index contributed by atoms with van der Waals surface area (Å²) in [7, 11) is 4.91. The van der Waals surface area contributed by atoms with Crippen LogP contribution in [0, 0.1) is 11.3 Å². The average Bonchev–Trinajstić information content (AvgIpc) is 3.06. The molecule has 0 aromatic carbocycles. The summed E-state index contributed by atoms with van der Waals surface area (Å²) in [6.45, 7) is 2.04. The SMILES string of the molecule is COC1=CC(CC(C#N)=CN2CCCC2)(OC)CC(OC)=C1. The molecular weight excluding hydrogens is 280 g/mol. The quantitative estimate of drug-likeness (QED) is 0.706. The van der Waals surface area contributed by atoms with Gasteiger partial charge in [-0.15, -0.1) is 0 Å². The Kier molecular flexibility index (Phi) is 5.51. The van der Waals surface area contributed by atoms with Gasteiger partial charge in [0.25, 0.3) is 0 Å². The second-order valence-corrected chi connectivity index (χ2v) is 5.70. The molecule has 1 aliphatic heterocycles. The zero-order valence-corrected chi connectivity index (χ0v) is 13.6. The summed E-state index contributed by atoms with van der Waals surface area (Å²) >= 11 is 0. The second-order valence-electron chi connectivity index (χ2n) is 5.70. The Morgan fingerprint density at radius 2 is 2.05 bits per heavy atom. The summed E-state index contributed by atoms with van der Waals surface area (Å²) in [6, 6.07) is 2.31. The van der Waals surface area contributed by atoms with E-state index in [2.05, 4.69) is 11.0 Å². The van der Waals surface area contributed by atoms with E-state index in [4.69, 9.17) is 14.2 Å². The third-order valence-corrected chi connectivity index (χ3v) is 4.20. The molecule has 0 aromatic rings. The van der Waals surface area contributed by atoms with Crippen LogP contribution >= 0.6 is 0 Å². The molecule has 0 radical (unpaired) electrons. The lowest BCUT2D eigenvalue weighted by molar-refractivity contribution is 0.0163. The highest BCUT2D eigenvalue weighted by molar-refractivity contribution is 5.33. The van der Waals surface area contributed by atoms with Gasteiger partial charge in [-0.2, -0.15) is 5.26 Å². The molecule has 0 bridgehead atoms.